The van der Waals surface area contributed by atoms with E-state index in [1.165, 1.54) is 0 Å². The molecule has 5 nitrogen and oxygen atoms in total. The lowest BCUT2D eigenvalue weighted by Gasteiger charge is -2.36. The Kier molecular flexibility index (Phi) is 4.04. The van der Waals surface area contributed by atoms with Gasteiger partial charge in [-0.3, -0.25) is 4.79 Å². The van der Waals surface area contributed by atoms with Crippen molar-refractivity contribution in [1.29, 1.82) is 0 Å². The second-order valence-corrected chi connectivity index (χ2v) is 5.08. The first kappa shape index (κ1) is 13.8. The molecule has 0 aliphatic carbocycles. The molecule has 0 bridgehead atoms. The Morgan fingerprint density at radius 2 is 2.26 bits per heavy atom. The van der Waals surface area contributed by atoms with E-state index in [-0.39, 0.29) is 18.1 Å². The van der Waals surface area contributed by atoms with E-state index < -0.39 is 0 Å². The van der Waals surface area contributed by atoms with Crippen molar-refractivity contribution in [2.24, 2.45) is 0 Å². The van der Waals surface area contributed by atoms with Crippen LogP contribution in [-0.2, 0) is 11.2 Å². The standard InChI is InChI=1S/C14H21N3O2/c1-4-12-5-11(6-13(15)16-12)14(18)17-7-10(3)19-8-9(17)2/h5-6,9-10H,4,7-8H2,1-3H3,(H2,15,16). The molecule has 0 spiro atoms. The summed E-state index contributed by atoms with van der Waals surface area (Å²) in [4.78, 5) is 18.6. The summed E-state index contributed by atoms with van der Waals surface area (Å²) in [6.45, 7) is 7.16. The highest BCUT2D eigenvalue weighted by Gasteiger charge is 2.28. The number of rotatable bonds is 2. The van der Waals surface area contributed by atoms with E-state index in [0.717, 1.165) is 12.1 Å². The summed E-state index contributed by atoms with van der Waals surface area (Å²) in [5, 5.41) is 0. The van der Waals surface area contributed by atoms with E-state index in [0.29, 0.717) is 24.5 Å². The number of carbonyl (C=O) groups excluding carboxylic acids is 1. The van der Waals surface area contributed by atoms with Crippen LogP contribution in [0.4, 0.5) is 5.82 Å². The number of carbonyl (C=O) groups is 1. The minimum absolute atomic E-state index is 0.00597. The summed E-state index contributed by atoms with van der Waals surface area (Å²) in [5.41, 5.74) is 7.22. The van der Waals surface area contributed by atoms with Crippen LogP contribution in [0, 0.1) is 0 Å². The molecule has 2 heterocycles. The lowest BCUT2D eigenvalue weighted by Crippen LogP contribution is -2.50. The van der Waals surface area contributed by atoms with Gasteiger partial charge < -0.3 is 15.4 Å². The van der Waals surface area contributed by atoms with Gasteiger partial charge in [0.1, 0.15) is 5.82 Å². The van der Waals surface area contributed by atoms with Crippen LogP contribution < -0.4 is 5.73 Å². The molecule has 5 heteroatoms. The number of hydrogen-bond donors (Lipinski definition) is 1. The molecule has 2 rings (SSSR count). The first-order chi connectivity index (χ1) is 9.01. The van der Waals surface area contributed by atoms with Gasteiger partial charge in [0.05, 0.1) is 18.8 Å². The van der Waals surface area contributed by atoms with Crippen LogP contribution in [0.15, 0.2) is 12.1 Å². The van der Waals surface area contributed by atoms with Crippen LogP contribution in [-0.4, -0.2) is 41.1 Å². The Morgan fingerprint density at radius 1 is 1.53 bits per heavy atom. The summed E-state index contributed by atoms with van der Waals surface area (Å²) in [5.74, 6) is 0.406. The van der Waals surface area contributed by atoms with Gasteiger partial charge in [-0.25, -0.2) is 4.98 Å². The van der Waals surface area contributed by atoms with Crippen LogP contribution in [0.3, 0.4) is 0 Å². The number of nitrogens with zero attached hydrogens (tertiary/aromatic N) is 2. The largest absolute Gasteiger partial charge is 0.384 e. The highest BCUT2D eigenvalue weighted by Crippen LogP contribution is 2.17. The van der Waals surface area contributed by atoms with Crippen molar-refractivity contribution in [2.75, 3.05) is 18.9 Å². The van der Waals surface area contributed by atoms with Crippen LogP contribution >= 0.6 is 0 Å². The Labute approximate surface area is 113 Å². The van der Waals surface area contributed by atoms with Gasteiger partial charge in [-0.05, 0) is 32.4 Å². The normalized spacial score (nSPS) is 23.4. The third-order valence-electron chi connectivity index (χ3n) is 3.38. The average molecular weight is 263 g/mol. The van der Waals surface area contributed by atoms with E-state index in [4.69, 9.17) is 10.5 Å². The fraction of sp³-hybridized carbons (Fsp3) is 0.571. The topological polar surface area (TPSA) is 68.5 Å². The Hall–Kier alpha value is -1.62. The molecule has 1 fully saturated rings. The quantitative estimate of drug-likeness (QED) is 0.877. The van der Waals surface area contributed by atoms with E-state index in [1.54, 1.807) is 6.07 Å². The van der Waals surface area contributed by atoms with E-state index in [2.05, 4.69) is 4.98 Å². The van der Waals surface area contributed by atoms with E-state index in [1.807, 2.05) is 31.7 Å². The third-order valence-corrected chi connectivity index (χ3v) is 3.38. The van der Waals surface area contributed by atoms with Crippen molar-refractivity contribution in [1.82, 2.24) is 9.88 Å². The SMILES string of the molecule is CCc1cc(C(=O)N2CC(C)OCC2C)cc(N)n1. The summed E-state index contributed by atoms with van der Waals surface area (Å²) < 4.78 is 5.54. The minimum atomic E-state index is 0.00597. The molecule has 19 heavy (non-hydrogen) atoms. The Bertz CT molecular complexity index is 476. The van der Waals surface area contributed by atoms with Crippen LogP contribution in [0.1, 0.15) is 36.8 Å². The highest BCUT2D eigenvalue weighted by molar-refractivity contribution is 5.95. The monoisotopic (exact) mass is 263 g/mol. The van der Waals surface area contributed by atoms with Gasteiger partial charge >= 0.3 is 0 Å². The molecule has 0 aromatic carbocycles. The molecule has 1 aliphatic rings. The molecule has 1 saturated heterocycles. The zero-order chi connectivity index (χ0) is 14.0. The molecule has 0 radical (unpaired) electrons. The van der Waals surface area contributed by atoms with Crippen molar-refractivity contribution in [2.45, 2.75) is 39.3 Å². The number of aryl methyl sites for hydroxylation is 1. The van der Waals surface area contributed by atoms with Crippen LogP contribution in [0.5, 0.6) is 0 Å². The predicted molar refractivity (Wildman–Crippen MR) is 73.9 cm³/mol. The number of morpholine rings is 1. The van der Waals surface area contributed by atoms with Gasteiger partial charge in [-0.2, -0.15) is 0 Å². The Morgan fingerprint density at radius 3 is 2.95 bits per heavy atom. The predicted octanol–water partition coefficient (Wildman–Crippen LogP) is 1.48. The van der Waals surface area contributed by atoms with Gasteiger partial charge in [0.15, 0.2) is 0 Å². The number of nitrogens with two attached hydrogens (primary N) is 1. The fourth-order valence-electron chi connectivity index (χ4n) is 2.27. The van der Waals surface area contributed by atoms with Crippen molar-refractivity contribution in [3.8, 4) is 0 Å². The molecular weight excluding hydrogens is 242 g/mol. The molecule has 1 amide bonds. The number of pyridine rings is 1. The molecule has 1 aliphatic heterocycles. The van der Waals surface area contributed by atoms with E-state index >= 15 is 0 Å². The molecule has 0 saturated carbocycles. The zero-order valence-corrected chi connectivity index (χ0v) is 11.7. The van der Waals surface area contributed by atoms with Gasteiger partial charge in [-0.15, -0.1) is 0 Å². The third kappa shape index (κ3) is 3.04. The van der Waals surface area contributed by atoms with Gasteiger partial charge in [0.25, 0.3) is 5.91 Å². The maximum Gasteiger partial charge on any atom is 0.254 e. The number of aromatic nitrogens is 1. The molecule has 2 unspecified atom stereocenters. The second-order valence-electron chi connectivity index (χ2n) is 5.08. The lowest BCUT2D eigenvalue weighted by atomic mass is 10.1. The number of amides is 1. The number of anilines is 1. The maximum absolute atomic E-state index is 12.6. The summed E-state index contributed by atoms with van der Waals surface area (Å²) in [6.07, 6.45) is 0.838. The first-order valence-corrected chi connectivity index (χ1v) is 6.70. The minimum Gasteiger partial charge on any atom is -0.384 e. The second kappa shape index (κ2) is 5.57. The van der Waals surface area contributed by atoms with Gasteiger partial charge in [0.2, 0.25) is 0 Å². The zero-order valence-electron chi connectivity index (χ0n) is 11.7. The molecular formula is C14H21N3O2. The van der Waals surface area contributed by atoms with Crippen molar-refractivity contribution < 1.29 is 9.53 Å². The molecule has 2 N–H and O–H groups in total. The first-order valence-electron chi connectivity index (χ1n) is 6.70. The fourth-order valence-corrected chi connectivity index (χ4v) is 2.27. The van der Waals surface area contributed by atoms with E-state index in [9.17, 15) is 4.79 Å². The summed E-state index contributed by atoms with van der Waals surface area (Å²) >= 11 is 0. The van der Waals surface area contributed by atoms with Gasteiger partial charge in [0, 0.05) is 17.8 Å². The number of ether oxygens (including phenoxy) is 1. The number of hydrogen-bond acceptors (Lipinski definition) is 4. The molecule has 2 atom stereocenters. The van der Waals surface area contributed by atoms with Crippen LogP contribution in [0.25, 0.3) is 0 Å². The lowest BCUT2D eigenvalue weighted by molar-refractivity contribution is -0.0387. The Balaban J connectivity index is 2.25. The van der Waals surface area contributed by atoms with Crippen molar-refractivity contribution >= 4 is 11.7 Å². The summed E-state index contributed by atoms with van der Waals surface area (Å²) in [7, 11) is 0. The maximum atomic E-state index is 12.6. The van der Waals surface area contributed by atoms with Crippen LogP contribution in [0.2, 0.25) is 0 Å². The molecule has 1 aromatic rings. The van der Waals surface area contributed by atoms with Crippen molar-refractivity contribution in [3.05, 3.63) is 23.4 Å². The highest BCUT2D eigenvalue weighted by atomic mass is 16.5. The molecule has 104 valence electrons. The number of nitrogen functional groups attached to an aromatic ring is 1. The molecule has 1 aromatic heterocycles. The summed E-state index contributed by atoms with van der Waals surface area (Å²) in [6, 6.07) is 3.56. The van der Waals surface area contributed by atoms with Gasteiger partial charge in [-0.1, -0.05) is 6.92 Å². The van der Waals surface area contributed by atoms with Crippen molar-refractivity contribution in [3.63, 3.8) is 0 Å². The smallest absolute Gasteiger partial charge is 0.254 e. The average Bonchev–Trinajstić information content (AvgIpc) is 2.40.